The summed E-state index contributed by atoms with van der Waals surface area (Å²) >= 11 is 0. The van der Waals surface area contributed by atoms with Crippen molar-refractivity contribution in [3.05, 3.63) is 12.2 Å². The van der Waals surface area contributed by atoms with Gasteiger partial charge < -0.3 is 4.74 Å². The molecule has 0 N–H and O–H groups in total. The minimum atomic E-state index is -0.260. The van der Waals surface area contributed by atoms with E-state index in [-0.39, 0.29) is 5.97 Å². The van der Waals surface area contributed by atoms with Crippen LogP contribution in [0.25, 0.3) is 0 Å². The van der Waals surface area contributed by atoms with Crippen LogP contribution in [-0.2, 0) is 9.53 Å². The van der Waals surface area contributed by atoms with E-state index in [0.29, 0.717) is 12.2 Å². The van der Waals surface area contributed by atoms with Crippen LogP contribution in [0.4, 0.5) is 0 Å². The van der Waals surface area contributed by atoms with Gasteiger partial charge in [-0.1, -0.05) is 65.4 Å². The highest BCUT2D eigenvalue weighted by Crippen LogP contribution is 2.12. The normalized spacial score (nSPS) is 10.7. The molecule has 0 aromatic rings. The Morgan fingerprint density at radius 1 is 1.00 bits per heavy atom. The molecule has 0 aromatic carbocycles. The summed E-state index contributed by atoms with van der Waals surface area (Å²) < 4.78 is 5.04. The molecule has 0 spiro atoms. The topological polar surface area (TPSA) is 26.3 Å². The van der Waals surface area contributed by atoms with Crippen LogP contribution in [0.5, 0.6) is 0 Å². The maximum Gasteiger partial charge on any atom is 0.333 e. The molecule has 2 nitrogen and oxygen atoms in total. The predicted molar refractivity (Wildman–Crippen MR) is 77.5 cm³/mol. The van der Waals surface area contributed by atoms with Gasteiger partial charge in [-0.2, -0.15) is 0 Å². The zero-order valence-electron chi connectivity index (χ0n) is 12.5. The highest BCUT2D eigenvalue weighted by Gasteiger charge is 2.01. The SMILES string of the molecule is C=C(C)C(=O)OCCCCCCCCCC(C)C. The summed E-state index contributed by atoms with van der Waals surface area (Å²) in [5.41, 5.74) is 0.486. The fourth-order valence-corrected chi connectivity index (χ4v) is 1.83. The minimum absolute atomic E-state index is 0.260. The van der Waals surface area contributed by atoms with E-state index in [1.54, 1.807) is 6.92 Å². The summed E-state index contributed by atoms with van der Waals surface area (Å²) in [4.78, 5) is 11.1. The van der Waals surface area contributed by atoms with Crippen LogP contribution >= 0.6 is 0 Å². The van der Waals surface area contributed by atoms with E-state index in [0.717, 1.165) is 18.8 Å². The Balaban J connectivity index is 3.12. The Hall–Kier alpha value is -0.790. The standard InChI is InChI=1S/C16H30O2/c1-14(2)12-10-8-6-5-7-9-11-13-18-16(17)15(3)4/h14H,3,5-13H2,1-2,4H3. The van der Waals surface area contributed by atoms with E-state index < -0.39 is 0 Å². The van der Waals surface area contributed by atoms with Crippen LogP contribution in [0.15, 0.2) is 12.2 Å². The van der Waals surface area contributed by atoms with Gasteiger partial charge in [0.2, 0.25) is 0 Å². The van der Waals surface area contributed by atoms with Crippen molar-refractivity contribution < 1.29 is 9.53 Å². The lowest BCUT2D eigenvalue weighted by atomic mass is 10.0. The van der Waals surface area contributed by atoms with Crippen LogP contribution in [0, 0.1) is 5.92 Å². The molecule has 0 saturated heterocycles. The number of carbonyl (C=O) groups excluding carboxylic acids is 1. The van der Waals surface area contributed by atoms with Crippen molar-refractivity contribution in [2.45, 2.75) is 72.1 Å². The number of unbranched alkanes of at least 4 members (excludes halogenated alkanes) is 6. The maximum absolute atomic E-state index is 11.1. The summed E-state index contributed by atoms with van der Waals surface area (Å²) in [5, 5.41) is 0. The third-order valence-electron chi connectivity index (χ3n) is 3.01. The number of rotatable bonds is 11. The first-order valence-corrected chi connectivity index (χ1v) is 7.36. The highest BCUT2D eigenvalue weighted by molar-refractivity contribution is 5.86. The Morgan fingerprint density at radius 3 is 2.00 bits per heavy atom. The van der Waals surface area contributed by atoms with Gasteiger partial charge in [0, 0.05) is 5.57 Å². The Bertz CT molecular complexity index is 231. The predicted octanol–water partition coefficient (Wildman–Crippen LogP) is 4.88. The molecule has 2 heteroatoms. The van der Waals surface area contributed by atoms with Crippen LogP contribution in [0.1, 0.15) is 72.1 Å². The summed E-state index contributed by atoms with van der Waals surface area (Å²) in [6.45, 7) is 10.3. The molecule has 0 aliphatic carbocycles. The van der Waals surface area contributed by atoms with E-state index in [4.69, 9.17) is 4.74 Å². The molecule has 0 atom stereocenters. The van der Waals surface area contributed by atoms with Crippen LogP contribution < -0.4 is 0 Å². The van der Waals surface area contributed by atoms with Crippen molar-refractivity contribution in [3.63, 3.8) is 0 Å². The Kier molecular flexibility index (Phi) is 10.8. The van der Waals surface area contributed by atoms with Crippen molar-refractivity contribution in [2.75, 3.05) is 6.61 Å². The van der Waals surface area contributed by atoms with Crippen molar-refractivity contribution >= 4 is 5.97 Å². The lowest BCUT2D eigenvalue weighted by Crippen LogP contribution is -2.05. The van der Waals surface area contributed by atoms with Crippen LogP contribution in [-0.4, -0.2) is 12.6 Å². The van der Waals surface area contributed by atoms with E-state index in [9.17, 15) is 4.79 Å². The molecule has 0 heterocycles. The molecule has 0 fully saturated rings. The van der Waals surface area contributed by atoms with Gasteiger partial charge >= 0.3 is 5.97 Å². The van der Waals surface area contributed by atoms with E-state index in [2.05, 4.69) is 20.4 Å². The van der Waals surface area contributed by atoms with Gasteiger partial charge in [-0.05, 0) is 19.3 Å². The number of hydrogen-bond acceptors (Lipinski definition) is 2. The zero-order valence-corrected chi connectivity index (χ0v) is 12.5. The molecule has 0 aliphatic rings. The first kappa shape index (κ1) is 17.2. The average Bonchev–Trinajstić information content (AvgIpc) is 2.30. The second-order valence-corrected chi connectivity index (χ2v) is 5.57. The molecule has 106 valence electrons. The lowest BCUT2D eigenvalue weighted by Gasteiger charge is -2.05. The fraction of sp³-hybridized carbons (Fsp3) is 0.812. The number of ether oxygens (including phenoxy) is 1. The summed E-state index contributed by atoms with van der Waals surface area (Å²) in [7, 11) is 0. The second kappa shape index (κ2) is 11.3. The van der Waals surface area contributed by atoms with Crippen LogP contribution in [0.2, 0.25) is 0 Å². The van der Waals surface area contributed by atoms with Gasteiger partial charge in [-0.15, -0.1) is 0 Å². The summed E-state index contributed by atoms with van der Waals surface area (Å²) in [6.07, 6.45) is 10.1. The largest absolute Gasteiger partial charge is 0.462 e. The van der Waals surface area contributed by atoms with Gasteiger partial charge in [0.15, 0.2) is 0 Å². The van der Waals surface area contributed by atoms with Gasteiger partial charge in [0.05, 0.1) is 6.61 Å². The van der Waals surface area contributed by atoms with Crippen molar-refractivity contribution in [3.8, 4) is 0 Å². The molecule has 18 heavy (non-hydrogen) atoms. The van der Waals surface area contributed by atoms with Gasteiger partial charge in [0.1, 0.15) is 0 Å². The quantitative estimate of drug-likeness (QED) is 0.298. The molecule has 0 rings (SSSR count). The van der Waals surface area contributed by atoms with Crippen molar-refractivity contribution in [1.82, 2.24) is 0 Å². The Morgan fingerprint density at radius 2 is 1.50 bits per heavy atom. The second-order valence-electron chi connectivity index (χ2n) is 5.57. The Labute approximate surface area is 113 Å². The monoisotopic (exact) mass is 254 g/mol. The maximum atomic E-state index is 11.1. The number of esters is 1. The van der Waals surface area contributed by atoms with E-state index in [1.165, 1.54) is 38.5 Å². The molecule has 0 unspecified atom stereocenters. The lowest BCUT2D eigenvalue weighted by molar-refractivity contribution is -0.139. The first-order valence-electron chi connectivity index (χ1n) is 7.36. The zero-order chi connectivity index (χ0) is 13.8. The third-order valence-corrected chi connectivity index (χ3v) is 3.01. The first-order chi connectivity index (χ1) is 8.54. The fourth-order valence-electron chi connectivity index (χ4n) is 1.83. The van der Waals surface area contributed by atoms with E-state index >= 15 is 0 Å². The highest BCUT2D eigenvalue weighted by atomic mass is 16.5. The van der Waals surface area contributed by atoms with Crippen LogP contribution in [0.3, 0.4) is 0 Å². The number of carbonyl (C=O) groups is 1. The average molecular weight is 254 g/mol. The van der Waals surface area contributed by atoms with Gasteiger partial charge in [0.25, 0.3) is 0 Å². The van der Waals surface area contributed by atoms with Crippen molar-refractivity contribution in [2.24, 2.45) is 5.92 Å². The third kappa shape index (κ3) is 11.7. The molecule has 0 aromatic heterocycles. The molecule has 0 saturated carbocycles. The van der Waals surface area contributed by atoms with Gasteiger partial charge in [-0.25, -0.2) is 4.79 Å². The molecule has 0 bridgehead atoms. The van der Waals surface area contributed by atoms with Gasteiger partial charge in [-0.3, -0.25) is 0 Å². The molecular weight excluding hydrogens is 224 g/mol. The van der Waals surface area contributed by atoms with E-state index in [1.807, 2.05) is 0 Å². The summed E-state index contributed by atoms with van der Waals surface area (Å²) in [5.74, 6) is 0.580. The van der Waals surface area contributed by atoms with Crippen molar-refractivity contribution in [1.29, 1.82) is 0 Å². The smallest absolute Gasteiger partial charge is 0.333 e. The molecule has 0 aliphatic heterocycles. The number of hydrogen-bond donors (Lipinski definition) is 0. The minimum Gasteiger partial charge on any atom is -0.462 e. The molecule has 0 radical (unpaired) electrons. The molecule has 0 amide bonds. The summed E-state index contributed by atoms with van der Waals surface area (Å²) in [6, 6.07) is 0. The molecular formula is C16H30O2.